The second-order valence-electron chi connectivity index (χ2n) is 10.6. The molecule has 0 saturated heterocycles. The fraction of sp³-hybridized carbons (Fsp3) is 0.739. The Morgan fingerprint density at radius 1 is 0.708 bits per heavy atom. The maximum atomic E-state index is 2.75. The summed E-state index contributed by atoms with van der Waals surface area (Å²) >= 11 is -1.87. The molecule has 0 spiro atoms. The van der Waals surface area contributed by atoms with Crippen molar-refractivity contribution in [3.63, 3.8) is 0 Å². The van der Waals surface area contributed by atoms with Crippen molar-refractivity contribution in [2.24, 2.45) is 35.5 Å². The second kappa shape index (κ2) is 5.76. The Balaban J connectivity index is 1.54. The third-order valence-electron chi connectivity index (χ3n) is 8.59. The van der Waals surface area contributed by atoms with Crippen LogP contribution in [0.25, 0.3) is 0 Å². The first-order valence-corrected chi connectivity index (χ1v) is 20.8. The molecule has 8 atom stereocenters. The van der Waals surface area contributed by atoms with E-state index in [2.05, 4.69) is 45.2 Å². The minimum absolute atomic E-state index is 0.908. The zero-order valence-electron chi connectivity index (χ0n) is 15.7. The molecule has 4 aliphatic rings. The first kappa shape index (κ1) is 16.2. The minimum atomic E-state index is -1.87. The molecule has 0 heterocycles. The van der Waals surface area contributed by atoms with E-state index in [4.69, 9.17) is 0 Å². The van der Waals surface area contributed by atoms with Crippen LogP contribution in [0.1, 0.15) is 50.0 Å². The molecule has 130 valence electrons. The topological polar surface area (TPSA) is 0 Å². The molecule has 24 heavy (non-hydrogen) atoms. The van der Waals surface area contributed by atoms with Gasteiger partial charge in [-0.3, -0.25) is 0 Å². The summed E-state index contributed by atoms with van der Waals surface area (Å²) in [6.45, 7) is 0. The Morgan fingerprint density at radius 2 is 1.29 bits per heavy atom. The Morgan fingerprint density at radius 3 is 2.00 bits per heavy atom. The normalized spacial score (nSPS) is 46.8. The van der Waals surface area contributed by atoms with Crippen LogP contribution < -0.4 is 0 Å². The van der Waals surface area contributed by atoms with Gasteiger partial charge in [0.25, 0.3) is 0 Å². The van der Waals surface area contributed by atoms with Gasteiger partial charge in [0, 0.05) is 0 Å². The number of benzene rings is 1. The van der Waals surface area contributed by atoms with Gasteiger partial charge in [-0.1, -0.05) is 0 Å². The molecule has 0 aromatic heterocycles. The number of fused-ring (bicyclic) bond motifs is 4. The maximum absolute atomic E-state index is 2.75. The average Bonchev–Trinajstić information content (AvgIpc) is 3.32. The molecule has 0 radical (unpaired) electrons. The van der Waals surface area contributed by atoms with Gasteiger partial charge < -0.3 is 0 Å². The van der Waals surface area contributed by atoms with E-state index in [1.165, 1.54) is 10.4 Å². The molecule has 1 aromatic carbocycles. The molecule has 4 saturated carbocycles. The Kier molecular flexibility index (Phi) is 3.89. The summed E-state index contributed by atoms with van der Waals surface area (Å²) in [5.74, 6) is 7.38. The van der Waals surface area contributed by atoms with Crippen molar-refractivity contribution in [2.75, 3.05) is 0 Å². The van der Waals surface area contributed by atoms with Gasteiger partial charge in [-0.2, -0.15) is 0 Å². The van der Waals surface area contributed by atoms with Crippen molar-refractivity contribution >= 4 is 18.4 Å². The molecule has 0 nitrogen and oxygen atoms in total. The fourth-order valence-corrected chi connectivity index (χ4v) is 17.8. The van der Waals surface area contributed by atoms with Crippen LogP contribution in [0.3, 0.4) is 0 Å². The third kappa shape index (κ3) is 2.37. The molecule has 4 aliphatic carbocycles. The van der Waals surface area contributed by atoms with E-state index in [9.17, 15) is 0 Å². The summed E-state index contributed by atoms with van der Waals surface area (Å²) in [7, 11) is 0. The van der Waals surface area contributed by atoms with E-state index in [1.54, 1.807) is 37.7 Å². The molecule has 1 aromatic rings. The van der Waals surface area contributed by atoms with E-state index >= 15 is 0 Å². The van der Waals surface area contributed by atoms with Gasteiger partial charge in [0.2, 0.25) is 0 Å². The van der Waals surface area contributed by atoms with Crippen LogP contribution in [-0.4, -0.2) is 18.4 Å². The van der Waals surface area contributed by atoms with Crippen molar-refractivity contribution in [1.29, 1.82) is 0 Å². The van der Waals surface area contributed by atoms with Gasteiger partial charge in [0.15, 0.2) is 0 Å². The van der Waals surface area contributed by atoms with Crippen LogP contribution in [-0.2, 0) is 0 Å². The standard InChI is InChI=1S/C20H25.3CH3.Sn/c1-2-4-14(5-3-1)19-16-8-9-17(12-16)20(19)18-11-13-6-7-15(18)10-13;;;;/h1-5,11,13,15-20H,6-10,12H2;3*1H3;/t13-,15+,16-,17+,18+,19+,20+;;;;/m1..../s1. The van der Waals surface area contributed by atoms with Gasteiger partial charge in [-0.05, 0) is 0 Å². The van der Waals surface area contributed by atoms with E-state index < -0.39 is 18.4 Å². The molecule has 0 amide bonds. The van der Waals surface area contributed by atoms with Crippen LogP contribution in [0.2, 0.25) is 18.8 Å². The number of hydrogen-bond donors (Lipinski definition) is 0. The first-order valence-electron chi connectivity index (χ1n) is 10.6. The van der Waals surface area contributed by atoms with Crippen molar-refractivity contribution in [3.05, 3.63) is 35.9 Å². The van der Waals surface area contributed by atoms with E-state index in [0.717, 1.165) is 41.4 Å². The van der Waals surface area contributed by atoms with E-state index in [-0.39, 0.29) is 0 Å². The molecule has 5 rings (SSSR count). The van der Waals surface area contributed by atoms with Gasteiger partial charge in [0.05, 0.1) is 0 Å². The zero-order valence-corrected chi connectivity index (χ0v) is 18.6. The van der Waals surface area contributed by atoms with Crippen molar-refractivity contribution in [1.82, 2.24) is 0 Å². The summed E-state index contributed by atoms with van der Waals surface area (Å²) in [4.78, 5) is 8.24. The molecule has 0 aliphatic heterocycles. The van der Waals surface area contributed by atoms with Crippen molar-refractivity contribution < 1.29 is 0 Å². The summed E-state index contributed by atoms with van der Waals surface area (Å²) in [6.07, 6.45) is 9.40. The molecule has 0 unspecified atom stereocenters. The summed E-state index contributed by atoms with van der Waals surface area (Å²) < 4.78 is 1.19. The van der Waals surface area contributed by atoms with Crippen LogP contribution in [0.5, 0.6) is 0 Å². The zero-order chi connectivity index (χ0) is 16.5. The fourth-order valence-electron chi connectivity index (χ4n) is 8.23. The van der Waals surface area contributed by atoms with Gasteiger partial charge in [0.1, 0.15) is 0 Å². The molecule has 1 heteroatoms. The molecular weight excluding hydrogens is 395 g/mol. The van der Waals surface area contributed by atoms with Crippen LogP contribution in [0.15, 0.2) is 30.3 Å². The Hall–Kier alpha value is 0.0187. The Labute approximate surface area is 152 Å². The SMILES string of the molecule is [CH3][Sn]([CH3])([CH3])[C@H]1[C@@H]2CC[C@@H](C2)[C@H]1[C@@H]1[C@H]2CC[C@H](C2)[C@@H]1c1ccccc1. The molecule has 0 N–H and O–H groups in total. The monoisotopic (exact) mass is 430 g/mol. The predicted octanol–water partition coefficient (Wildman–Crippen LogP) is 6.57. The van der Waals surface area contributed by atoms with Crippen molar-refractivity contribution in [2.45, 2.75) is 63.2 Å². The van der Waals surface area contributed by atoms with E-state index in [0.29, 0.717) is 0 Å². The summed E-state index contributed by atoms with van der Waals surface area (Å²) in [6, 6.07) is 11.7. The van der Waals surface area contributed by atoms with Gasteiger partial charge in [-0.15, -0.1) is 0 Å². The van der Waals surface area contributed by atoms with E-state index in [1.807, 2.05) is 0 Å². The van der Waals surface area contributed by atoms with Crippen LogP contribution >= 0.6 is 0 Å². The third-order valence-corrected chi connectivity index (χ3v) is 16.7. The number of hydrogen-bond acceptors (Lipinski definition) is 0. The predicted molar refractivity (Wildman–Crippen MR) is 105 cm³/mol. The van der Waals surface area contributed by atoms with Gasteiger partial charge in [-0.25, -0.2) is 0 Å². The van der Waals surface area contributed by atoms with Crippen LogP contribution in [0.4, 0.5) is 0 Å². The summed E-state index contributed by atoms with van der Waals surface area (Å²) in [5, 5.41) is 0. The molecular formula is C23H34Sn. The summed E-state index contributed by atoms with van der Waals surface area (Å²) in [5.41, 5.74) is 1.69. The first-order chi connectivity index (χ1) is 11.5. The molecule has 4 bridgehead atoms. The van der Waals surface area contributed by atoms with Crippen LogP contribution in [0, 0.1) is 35.5 Å². The van der Waals surface area contributed by atoms with Gasteiger partial charge >= 0.3 is 153 Å². The second-order valence-corrected chi connectivity index (χ2v) is 26.1. The average molecular weight is 429 g/mol. The number of rotatable bonds is 3. The molecule has 4 fully saturated rings. The Bertz CT molecular complexity index is 600. The quantitative estimate of drug-likeness (QED) is 0.477. The van der Waals surface area contributed by atoms with Crippen molar-refractivity contribution in [3.8, 4) is 0 Å².